The highest BCUT2D eigenvalue weighted by molar-refractivity contribution is 5.94. The van der Waals surface area contributed by atoms with Crippen LogP contribution in [-0.4, -0.2) is 31.2 Å². The molecule has 0 aliphatic carbocycles. The fourth-order valence-corrected chi connectivity index (χ4v) is 2.77. The fraction of sp³-hybridized carbons (Fsp3) is 0.214. The van der Waals surface area contributed by atoms with Gasteiger partial charge in [0.1, 0.15) is 6.54 Å². The third-order valence-electron chi connectivity index (χ3n) is 3.67. The first-order valence-electron chi connectivity index (χ1n) is 7.07. The summed E-state index contributed by atoms with van der Waals surface area (Å²) in [6.45, 7) is -1.15. The first kappa shape index (κ1) is 14.5. The van der Waals surface area contributed by atoms with Crippen molar-refractivity contribution in [2.24, 2.45) is 10.7 Å². The van der Waals surface area contributed by atoms with Crippen molar-refractivity contribution in [3.8, 4) is 0 Å². The zero-order chi connectivity index (χ0) is 16.9. The number of hydrogen-bond acceptors (Lipinski definition) is 5. The van der Waals surface area contributed by atoms with Crippen molar-refractivity contribution in [1.82, 2.24) is 19.1 Å². The summed E-state index contributed by atoms with van der Waals surface area (Å²) in [4.78, 5) is 12.7. The van der Waals surface area contributed by atoms with Crippen molar-refractivity contribution >= 4 is 22.9 Å². The van der Waals surface area contributed by atoms with E-state index in [1.54, 1.807) is 10.6 Å². The SMILES string of the molecule is NC1=NC(c2nccn2CC(F)(F)F)n2c(nc3ccccc32)N1. The lowest BCUT2D eigenvalue weighted by Gasteiger charge is -2.24. The number of nitrogens with zero attached hydrogens (tertiary/aromatic N) is 5. The molecule has 124 valence electrons. The molecular formula is C14H12F3N7. The van der Waals surface area contributed by atoms with Gasteiger partial charge in [0.25, 0.3) is 0 Å². The van der Waals surface area contributed by atoms with E-state index in [4.69, 9.17) is 5.73 Å². The lowest BCUT2D eigenvalue weighted by molar-refractivity contribution is -0.141. The Balaban J connectivity index is 1.88. The van der Waals surface area contributed by atoms with Gasteiger partial charge in [0.15, 0.2) is 17.9 Å². The molecule has 4 rings (SSSR count). The van der Waals surface area contributed by atoms with Crippen LogP contribution >= 0.6 is 0 Å². The molecule has 0 amide bonds. The number of nitrogens with two attached hydrogens (primary N) is 1. The van der Waals surface area contributed by atoms with Crippen LogP contribution in [0.1, 0.15) is 12.0 Å². The lowest BCUT2D eigenvalue weighted by Crippen LogP contribution is -2.33. The standard InChI is InChI=1S/C14H12F3N7/c15-14(16,17)7-23-6-5-19-10(23)11-21-12(18)22-13-20-8-3-1-2-4-9(8)24(11)13/h1-6,11H,7H2,(H3,18,20,21,22). The van der Waals surface area contributed by atoms with Crippen LogP contribution in [0.2, 0.25) is 0 Å². The fourth-order valence-electron chi connectivity index (χ4n) is 2.77. The van der Waals surface area contributed by atoms with Crippen molar-refractivity contribution < 1.29 is 13.2 Å². The van der Waals surface area contributed by atoms with Crippen LogP contribution in [0.25, 0.3) is 11.0 Å². The molecule has 10 heteroatoms. The Morgan fingerprint density at radius 3 is 2.83 bits per heavy atom. The van der Waals surface area contributed by atoms with Crippen LogP contribution in [0.4, 0.5) is 19.1 Å². The average Bonchev–Trinajstić information content (AvgIpc) is 3.08. The summed E-state index contributed by atoms with van der Waals surface area (Å²) < 4.78 is 41.1. The van der Waals surface area contributed by atoms with Gasteiger partial charge >= 0.3 is 6.18 Å². The van der Waals surface area contributed by atoms with Crippen molar-refractivity contribution in [1.29, 1.82) is 0 Å². The van der Waals surface area contributed by atoms with E-state index in [2.05, 4.69) is 20.3 Å². The van der Waals surface area contributed by atoms with Gasteiger partial charge in [-0.2, -0.15) is 13.2 Å². The van der Waals surface area contributed by atoms with Gasteiger partial charge < -0.3 is 10.3 Å². The molecule has 0 fully saturated rings. The molecule has 3 heterocycles. The Morgan fingerprint density at radius 1 is 1.25 bits per heavy atom. The highest BCUT2D eigenvalue weighted by atomic mass is 19.4. The molecule has 2 aromatic heterocycles. The number of para-hydroxylation sites is 2. The van der Waals surface area contributed by atoms with E-state index < -0.39 is 18.9 Å². The number of aliphatic imine (C=N–C) groups is 1. The topological polar surface area (TPSA) is 86.0 Å². The third kappa shape index (κ3) is 2.36. The summed E-state index contributed by atoms with van der Waals surface area (Å²) in [7, 11) is 0. The van der Waals surface area contributed by atoms with Gasteiger partial charge in [-0.3, -0.25) is 9.88 Å². The largest absolute Gasteiger partial charge is 0.406 e. The molecule has 0 saturated heterocycles. The molecule has 0 radical (unpaired) electrons. The lowest BCUT2D eigenvalue weighted by atomic mass is 10.3. The number of alkyl halides is 3. The van der Waals surface area contributed by atoms with Crippen LogP contribution < -0.4 is 11.1 Å². The van der Waals surface area contributed by atoms with Crippen LogP contribution in [0, 0.1) is 0 Å². The minimum absolute atomic E-state index is 0.0735. The number of imidazole rings is 2. The number of rotatable bonds is 2. The Bertz CT molecular complexity index is 937. The molecule has 0 spiro atoms. The molecule has 1 unspecified atom stereocenters. The number of fused-ring (bicyclic) bond motifs is 3. The molecule has 7 nitrogen and oxygen atoms in total. The molecule has 3 aromatic rings. The number of guanidine groups is 1. The van der Waals surface area contributed by atoms with E-state index in [1.807, 2.05) is 18.2 Å². The Hall–Kier alpha value is -3.04. The summed E-state index contributed by atoms with van der Waals surface area (Å²) in [5.41, 5.74) is 7.18. The summed E-state index contributed by atoms with van der Waals surface area (Å²) in [6, 6.07) is 7.26. The summed E-state index contributed by atoms with van der Waals surface area (Å²) in [6.07, 6.45) is -2.61. The number of hydrogen-bond donors (Lipinski definition) is 2. The minimum atomic E-state index is -4.36. The van der Waals surface area contributed by atoms with E-state index >= 15 is 0 Å². The summed E-state index contributed by atoms with van der Waals surface area (Å²) >= 11 is 0. The number of anilines is 1. The smallest absolute Gasteiger partial charge is 0.370 e. The summed E-state index contributed by atoms with van der Waals surface area (Å²) in [5, 5.41) is 2.83. The number of benzene rings is 1. The number of nitrogens with one attached hydrogen (secondary N) is 1. The highest BCUT2D eigenvalue weighted by Crippen LogP contribution is 2.32. The van der Waals surface area contributed by atoms with E-state index in [-0.39, 0.29) is 11.8 Å². The predicted octanol–water partition coefficient (Wildman–Crippen LogP) is 2.08. The molecule has 1 aromatic carbocycles. The molecular weight excluding hydrogens is 323 g/mol. The van der Waals surface area contributed by atoms with Crippen molar-refractivity contribution in [3.63, 3.8) is 0 Å². The number of halogens is 3. The third-order valence-corrected chi connectivity index (χ3v) is 3.67. The van der Waals surface area contributed by atoms with Crippen LogP contribution in [-0.2, 0) is 6.54 Å². The maximum atomic E-state index is 12.8. The second-order valence-corrected chi connectivity index (χ2v) is 5.34. The second kappa shape index (κ2) is 4.98. The van der Waals surface area contributed by atoms with E-state index in [1.165, 1.54) is 12.4 Å². The zero-order valence-electron chi connectivity index (χ0n) is 12.2. The van der Waals surface area contributed by atoms with Gasteiger partial charge in [-0.05, 0) is 12.1 Å². The Labute approximate surface area is 133 Å². The average molecular weight is 335 g/mol. The molecule has 0 saturated carbocycles. The number of aromatic nitrogens is 4. The van der Waals surface area contributed by atoms with Gasteiger partial charge in [0.05, 0.1) is 11.0 Å². The minimum Gasteiger partial charge on any atom is -0.370 e. The molecule has 1 atom stereocenters. The van der Waals surface area contributed by atoms with Gasteiger partial charge in [-0.25, -0.2) is 15.0 Å². The van der Waals surface area contributed by atoms with Crippen molar-refractivity contribution in [2.75, 3.05) is 5.32 Å². The molecule has 3 N–H and O–H groups in total. The van der Waals surface area contributed by atoms with E-state index in [0.717, 1.165) is 10.1 Å². The second-order valence-electron chi connectivity index (χ2n) is 5.34. The van der Waals surface area contributed by atoms with Crippen LogP contribution in [0.5, 0.6) is 0 Å². The molecule has 1 aliphatic heterocycles. The van der Waals surface area contributed by atoms with Crippen LogP contribution in [0.15, 0.2) is 41.7 Å². The highest BCUT2D eigenvalue weighted by Gasteiger charge is 2.33. The first-order chi connectivity index (χ1) is 11.4. The molecule has 0 bridgehead atoms. The molecule has 24 heavy (non-hydrogen) atoms. The predicted molar refractivity (Wildman–Crippen MR) is 81.4 cm³/mol. The van der Waals surface area contributed by atoms with E-state index in [9.17, 15) is 13.2 Å². The normalized spacial score (nSPS) is 17.5. The maximum absolute atomic E-state index is 12.8. The first-order valence-corrected chi connectivity index (χ1v) is 7.07. The maximum Gasteiger partial charge on any atom is 0.406 e. The Kier molecular flexibility index (Phi) is 3.02. The van der Waals surface area contributed by atoms with E-state index in [0.29, 0.717) is 11.5 Å². The Morgan fingerprint density at radius 2 is 2.04 bits per heavy atom. The van der Waals surface area contributed by atoms with Crippen LogP contribution in [0.3, 0.4) is 0 Å². The van der Waals surface area contributed by atoms with Gasteiger partial charge in [0.2, 0.25) is 5.95 Å². The zero-order valence-corrected chi connectivity index (χ0v) is 12.2. The van der Waals surface area contributed by atoms with Crippen molar-refractivity contribution in [3.05, 3.63) is 42.5 Å². The quantitative estimate of drug-likeness (QED) is 0.751. The monoisotopic (exact) mass is 335 g/mol. The van der Waals surface area contributed by atoms with Gasteiger partial charge in [0, 0.05) is 12.4 Å². The molecule has 1 aliphatic rings. The van der Waals surface area contributed by atoms with Gasteiger partial charge in [-0.15, -0.1) is 0 Å². The van der Waals surface area contributed by atoms with Crippen molar-refractivity contribution in [2.45, 2.75) is 18.9 Å². The summed E-state index contributed by atoms with van der Waals surface area (Å²) in [5.74, 6) is 0.626. The van der Waals surface area contributed by atoms with Gasteiger partial charge in [-0.1, -0.05) is 12.1 Å².